The first-order valence-electron chi connectivity index (χ1n) is 20.1. The number of fused-ring (bicyclic) bond motifs is 3. The third-order valence-corrected chi connectivity index (χ3v) is 12.8. The molecule has 5 unspecified atom stereocenters. The Morgan fingerprint density at radius 1 is 1.00 bits per heavy atom. The summed E-state index contributed by atoms with van der Waals surface area (Å²) in [5.74, 6) is 1.50. The summed E-state index contributed by atoms with van der Waals surface area (Å²) in [6, 6.07) is 27.9. The van der Waals surface area contributed by atoms with Crippen LogP contribution in [0.15, 0.2) is 95.0 Å². The van der Waals surface area contributed by atoms with E-state index in [-0.39, 0.29) is 55.4 Å². The van der Waals surface area contributed by atoms with E-state index in [1.54, 1.807) is 30.0 Å². The van der Waals surface area contributed by atoms with Gasteiger partial charge >= 0.3 is 0 Å². The molecule has 2 aliphatic rings. The molecule has 5 aromatic rings. The number of nitrogens with zero attached hydrogens (tertiary/aromatic N) is 7. The number of aromatic amines is 1. The van der Waals surface area contributed by atoms with E-state index in [1.807, 2.05) is 93.0 Å². The molecule has 17 heteroatoms. The molecule has 1 N–H and O–H groups in total. The van der Waals surface area contributed by atoms with Gasteiger partial charge in [0.1, 0.15) is 34.9 Å². The van der Waals surface area contributed by atoms with E-state index in [9.17, 15) is 10.1 Å². The number of nitrogens with one attached hydrogen (secondary N) is 1. The molecule has 2 bridgehead atoms. The second-order valence-corrected chi connectivity index (χ2v) is 17.0. The van der Waals surface area contributed by atoms with Crippen LogP contribution in [0.3, 0.4) is 0 Å². The topological polar surface area (TPSA) is 171 Å². The van der Waals surface area contributed by atoms with Gasteiger partial charge in [-0.2, -0.15) is 10.2 Å². The highest BCUT2D eigenvalue weighted by molar-refractivity contribution is 7.44. The van der Waals surface area contributed by atoms with Crippen LogP contribution in [0.1, 0.15) is 57.0 Å². The maximum atomic E-state index is 13.3. The number of nitriles is 1. The van der Waals surface area contributed by atoms with E-state index in [4.69, 9.17) is 37.7 Å². The van der Waals surface area contributed by atoms with Crippen LogP contribution in [0, 0.1) is 11.3 Å². The third kappa shape index (κ3) is 8.78. The monoisotopic (exact) mass is 852 g/mol. The summed E-state index contributed by atoms with van der Waals surface area (Å²) < 4.78 is 50.0. The van der Waals surface area contributed by atoms with Crippen LogP contribution in [0.25, 0.3) is 11.2 Å². The molecule has 2 aromatic heterocycles. The lowest BCUT2D eigenvalue weighted by Crippen LogP contribution is -2.49. The smallest absolute Gasteiger partial charge is 0.280 e. The summed E-state index contributed by atoms with van der Waals surface area (Å²) in [7, 11) is 5.14. The molecule has 0 aliphatic carbocycles. The van der Waals surface area contributed by atoms with Crippen molar-refractivity contribution in [3.63, 3.8) is 0 Å². The Balaban J connectivity index is 1.37. The van der Waals surface area contributed by atoms with Gasteiger partial charge in [-0.25, -0.2) is 14.6 Å². The molecule has 0 amide bonds. The van der Waals surface area contributed by atoms with Crippen LogP contribution in [-0.4, -0.2) is 113 Å². The summed E-state index contributed by atoms with van der Waals surface area (Å²) in [6.45, 7) is 8.59. The average molecular weight is 853 g/mol. The number of aromatic nitrogens is 4. The fourth-order valence-electron chi connectivity index (χ4n) is 7.90. The Morgan fingerprint density at radius 2 is 1.62 bits per heavy atom. The largest absolute Gasteiger partial charge is 0.497 e. The lowest BCUT2D eigenvalue weighted by Gasteiger charge is -2.41. The number of hydrogen-bond donors (Lipinski definition) is 1. The number of benzene rings is 3. The van der Waals surface area contributed by atoms with Crippen molar-refractivity contribution in [3.8, 4) is 17.6 Å². The molecule has 0 saturated carbocycles. The Morgan fingerprint density at radius 3 is 2.20 bits per heavy atom. The van der Waals surface area contributed by atoms with Gasteiger partial charge in [0.2, 0.25) is 5.95 Å². The van der Waals surface area contributed by atoms with Crippen molar-refractivity contribution in [1.29, 1.82) is 5.26 Å². The van der Waals surface area contributed by atoms with E-state index in [0.717, 1.165) is 16.7 Å². The standard InChI is InChI=1S/C44H53N8O8P/c1-29(2)52(30(3)4)61(58-24-12-23-45)60-38-37-41(51-28-46-36-39(51)48-42(49-40(36)53)47-27-50(5)6)59-43(38,25-56-37)26-57-44(31-13-10-9-11-14-31,32-15-19-34(54-7)20-16-32)33-17-21-35(55-8)22-18-33/h9-11,13-22,27-30,37-38,41H,12,24-26H2,1-8H3,(H,48,49,53). The van der Waals surface area contributed by atoms with Crippen molar-refractivity contribution < 1.29 is 32.7 Å². The second kappa shape index (κ2) is 18.8. The average Bonchev–Trinajstić information content (AvgIpc) is 3.93. The lowest BCUT2D eigenvalue weighted by molar-refractivity contribution is -0.202. The SMILES string of the molecule is COc1ccc(C(OCC23COC(C(n4cnc5c(=O)[nH]c(N=CN(C)C)nc54)O2)C3OP(OCCC#N)N(C(C)C)C(C)C)(c2ccccc2)c2ccc(OC)cc2)cc1. The van der Waals surface area contributed by atoms with Crippen molar-refractivity contribution in [2.24, 2.45) is 4.99 Å². The highest BCUT2D eigenvalue weighted by Crippen LogP contribution is 2.56. The molecule has 2 fully saturated rings. The fourth-order valence-corrected chi connectivity index (χ4v) is 9.71. The summed E-state index contributed by atoms with van der Waals surface area (Å²) in [5.41, 5.74) is 0.0492. The number of imidazole rings is 1. The van der Waals surface area contributed by atoms with Gasteiger partial charge in [0.15, 0.2) is 17.4 Å². The first kappa shape index (κ1) is 43.8. The minimum atomic E-state index is -1.77. The molecule has 16 nitrogen and oxygen atoms in total. The minimum Gasteiger partial charge on any atom is -0.497 e. The van der Waals surface area contributed by atoms with E-state index < -0.39 is 43.7 Å². The molecule has 2 aliphatic heterocycles. The Kier molecular flexibility index (Phi) is 13.5. The summed E-state index contributed by atoms with van der Waals surface area (Å²) >= 11 is 0. The second-order valence-electron chi connectivity index (χ2n) is 15.6. The molecule has 61 heavy (non-hydrogen) atoms. The van der Waals surface area contributed by atoms with E-state index in [2.05, 4.69) is 53.4 Å². The summed E-state index contributed by atoms with van der Waals surface area (Å²) in [4.78, 5) is 31.2. The molecule has 3 aromatic carbocycles. The molecular formula is C44H53N8O8P. The zero-order valence-corrected chi connectivity index (χ0v) is 36.6. The molecule has 0 radical (unpaired) electrons. The Bertz CT molecular complexity index is 2310. The van der Waals surface area contributed by atoms with Gasteiger partial charge in [-0.1, -0.05) is 54.6 Å². The van der Waals surface area contributed by atoms with E-state index in [1.165, 1.54) is 6.33 Å². The van der Waals surface area contributed by atoms with Crippen molar-refractivity contribution in [1.82, 2.24) is 29.1 Å². The highest BCUT2D eigenvalue weighted by Gasteiger charge is 2.65. The molecule has 4 heterocycles. The molecule has 322 valence electrons. The fraction of sp³-hybridized carbons (Fsp3) is 0.432. The van der Waals surface area contributed by atoms with E-state index >= 15 is 0 Å². The number of methoxy groups -OCH3 is 2. The van der Waals surface area contributed by atoms with Gasteiger partial charge in [-0.15, -0.1) is 0 Å². The highest BCUT2D eigenvalue weighted by atomic mass is 31.2. The van der Waals surface area contributed by atoms with Crippen molar-refractivity contribution in [2.45, 2.75) is 75.8 Å². The van der Waals surface area contributed by atoms with Crippen molar-refractivity contribution >= 4 is 32.0 Å². The quantitative estimate of drug-likeness (QED) is 0.0307. The molecule has 2 saturated heterocycles. The van der Waals surface area contributed by atoms with E-state index in [0.29, 0.717) is 11.5 Å². The maximum Gasteiger partial charge on any atom is 0.280 e. The van der Waals surface area contributed by atoms with Crippen LogP contribution < -0.4 is 15.0 Å². The van der Waals surface area contributed by atoms with Crippen molar-refractivity contribution in [2.75, 3.05) is 48.1 Å². The van der Waals surface area contributed by atoms with Gasteiger partial charge in [-0.3, -0.25) is 14.3 Å². The van der Waals surface area contributed by atoms with Gasteiger partial charge < -0.3 is 37.6 Å². The van der Waals surface area contributed by atoms with Crippen LogP contribution in [-0.2, 0) is 28.9 Å². The zero-order chi connectivity index (χ0) is 43.3. The Hall–Kier alpha value is -5.24. The van der Waals surface area contributed by atoms with Gasteiger partial charge in [-0.05, 0) is 68.7 Å². The number of ether oxygens (including phenoxy) is 5. The first-order chi connectivity index (χ1) is 29.4. The number of H-pyrrole nitrogens is 1. The minimum absolute atomic E-state index is 0.0264. The zero-order valence-electron chi connectivity index (χ0n) is 35.7. The summed E-state index contributed by atoms with van der Waals surface area (Å²) in [6.07, 6.45) is 0.908. The normalized spacial score (nSPS) is 20.6. The van der Waals surface area contributed by atoms with Crippen LogP contribution in [0.5, 0.6) is 11.5 Å². The first-order valence-corrected chi connectivity index (χ1v) is 21.3. The molecule has 0 spiro atoms. The summed E-state index contributed by atoms with van der Waals surface area (Å²) in [5, 5.41) is 9.47. The number of rotatable bonds is 19. The number of hydrogen-bond acceptors (Lipinski definition) is 13. The van der Waals surface area contributed by atoms with Gasteiger partial charge in [0.05, 0.1) is 59.2 Å². The van der Waals surface area contributed by atoms with Crippen molar-refractivity contribution in [3.05, 3.63) is 112 Å². The lowest BCUT2D eigenvalue weighted by atomic mass is 9.79. The molecule has 5 atom stereocenters. The van der Waals surface area contributed by atoms with Crippen LogP contribution in [0.2, 0.25) is 0 Å². The Labute approximate surface area is 357 Å². The van der Waals surface area contributed by atoms with Gasteiger partial charge in [0, 0.05) is 26.2 Å². The van der Waals surface area contributed by atoms with Crippen LogP contribution >= 0.6 is 8.53 Å². The molecular weight excluding hydrogens is 800 g/mol. The van der Waals surface area contributed by atoms with Gasteiger partial charge in [0.25, 0.3) is 14.1 Å². The predicted molar refractivity (Wildman–Crippen MR) is 231 cm³/mol. The number of aliphatic imine (C=N–C) groups is 1. The maximum absolute atomic E-state index is 13.3. The third-order valence-electron chi connectivity index (χ3n) is 10.7. The predicted octanol–water partition coefficient (Wildman–Crippen LogP) is 6.69. The van der Waals surface area contributed by atoms with Crippen LogP contribution in [0.4, 0.5) is 5.95 Å². The molecule has 7 rings (SSSR count).